The molecule has 0 saturated carbocycles. The van der Waals surface area contributed by atoms with Gasteiger partial charge in [-0.05, 0) is 11.6 Å². The molecule has 100 valence electrons. The summed E-state index contributed by atoms with van der Waals surface area (Å²) in [6, 6.07) is 13.9. The van der Waals surface area contributed by atoms with E-state index in [9.17, 15) is 0 Å². The Bertz CT molecular complexity index is 692. The number of aromatic nitrogens is 2. The van der Waals surface area contributed by atoms with Crippen LogP contribution in [0.3, 0.4) is 0 Å². The zero-order valence-corrected chi connectivity index (χ0v) is 11.1. The Labute approximate surface area is 117 Å². The first kappa shape index (κ1) is 12.4. The highest BCUT2D eigenvalue weighted by atomic mass is 16.5. The van der Waals surface area contributed by atoms with Crippen LogP contribution in [0.1, 0.15) is 11.3 Å². The molecule has 0 aliphatic heterocycles. The van der Waals surface area contributed by atoms with Gasteiger partial charge in [-0.1, -0.05) is 30.3 Å². The maximum atomic E-state index is 5.53. The molecule has 0 unspecified atom stereocenters. The van der Waals surface area contributed by atoms with Crippen LogP contribution in [0.4, 0.5) is 0 Å². The van der Waals surface area contributed by atoms with Gasteiger partial charge in [0.05, 0.1) is 12.8 Å². The predicted molar refractivity (Wildman–Crippen MR) is 75.5 cm³/mol. The zero-order chi connectivity index (χ0) is 13.8. The Kier molecular flexibility index (Phi) is 3.46. The molecule has 20 heavy (non-hydrogen) atoms. The van der Waals surface area contributed by atoms with Gasteiger partial charge in [0.25, 0.3) is 0 Å². The number of hydrogen-bond acceptors (Lipinski definition) is 4. The lowest BCUT2D eigenvalue weighted by Gasteiger charge is -2.03. The first-order valence-corrected chi connectivity index (χ1v) is 6.33. The molecular formula is C16H14N2O2. The van der Waals surface area contributed by atoms with Gasteiger partial charge in [0, 0.05) is 24.2 Å². The highest BCUT2D eigenvalue weighted by molar-refractivity contribution is 5.61. The fourth-order valence-electron chi connectivity index (χ4n) is 2.08. The summed E-state index contributed by atoms with van der Waals surface area (Å²) < 4.78 is 10.7. The average Bonchev–Trinajstić information content (AvgIpc) is 2.96. The highest BCUT2D eigenvalue weighted by Gasteiger charge is 2.12. The van der Waals surface area contributed by atoms with Crippen molar-refractivity contribution in [3.8, 4) is 17.2 Å². The standard InChI is InChI=1S/C16H14N2O2/c1-19-15-10-13(7-8-17-15)16-14(18-11-20-16)9-12-5-3-2-4-6-12/h2-8,10-11H,9H2,1H3. The van der Waals surface area contributed by atoms with Crippen LogP contribution in [0, 0.1) is 0 Å². The third kappa shape index (κ3) is 2.54. The SMILES string of the molecule is COc1cc(-c2ocnc2Cc2ccccc2)ccn1. The lowest BCUT2D eigenvalue weighted by molar-refractivity contribution is 0.398. The Balaban J connectivity index is 1.93. The molecule has 2 aromatic heterocycles. The Morgan fingerprint density at radius 1 is 1.10 bits per heavy atom. The number of benzene rings is 1. The molecule has 0 atom stereocenters. The van der Waals surface area contributed by atoms with Crippen molar-refractivity contribution in [1.29, 1.82) is 0 Å². The molecule has 0 aliphatic carbocycles. The van der Waals surface area contributed by atoms with Crippen LogP contribution < -0.4 is 4.74 Å². The van der Waals surface area contributed by atoms with Gasteiger partial charge in [-0.2, -0.15) is 0 Å². The minimum Gasteiger partial charge on any atom is -0.481 e. The number of oxazole rings is 1. The van der Waals surface area contributed by atoms with E-state index in [2.05, 4.69) is 22.1 Å². The molecule has 0 spiro atoms. The van der Waals surface area contributed by atoms with Crippen molar-refractivity contribution in [3.05, 3.63) is 66.3 Å². The fourth-order valence-corrected chi connectivity index (χ4v) is 2.08. The molecule has 0 aliphatic rings. The summed E-state index contributed by atoms with van der Waals surface area (Å²) in [5.74, 6) is 1.32. The second-order valence-electron chi connectivity index (χ2n) is 4.38. The minimum atomic E-state index is 0.560. The largest absolute Gasteiger partial charge is 0.481 e. The second kappa shape index (κ2) is 5.57. The lowest BCUT2D eigenvalue weighted by Crippen LogP contribution is -1.92. The van der Waals surface area contributed by atoms with Crippen molar-refractivity contribution < 1.29 is 9.15 Å². The molecule has 3 aromatic rings. The molecule has 1 aromatic carbocycles. The molecule has 0 N–H and O–H groups in total. The minimum absolute atomic E-state index is 0.560. The normalized spacial score (nSPS) is 10.4. The van der Waals surface area contributed by atoms with Gasteiger partial charge < -0.3 is 9.15 Å². The maximum Gasteiger partial charge on any atom is 0.213 e. The van der Waals surface area contributed by atoms with E-state index >= 15 is 0 Å². The van der Waals surface area contributed by atoms with Gasteiger partial charge in [-0.25, -0.2) is 9.97 Å². The number of hydrogen-bond donors (Lipinski definition) is 0. The van der Waals surface area contributed by atoms with Crippen molar-refractivity contribution >= 4 is 0 Å². The number of rotatable bonds is 4. The van der Waals surface area contributed by atoms with Crippen LogP contribution in [0.5, 0.6) is 5.88 Å². The van der Waals surface area contributed by atoms with Crippen LogP contribution in [0.25, 0.3) is 11.3 Å². The Hall–Kier alpha value is -2.62. The molecule has 3 rings (SSSR count). The molecule has 0 radical (unpaired) electrons. The molecule has 0 amide bonds. The number of ether oxygens (including phenoxy) is 1. The molecular weight excluding hydrogens is 252 g/mol. The number of nitrogens with zero attached hydrogens (tertiary/aromatic N) is 2. The van der Waals surface area contributed by atoms with Gasteiger partial charge in [-0.15, -0.1) is 0 Å². The van der Waals surface area contributed by atoms with E-state index in [0.29, 0.717) is 5.88 Å². The molecule has 4 heteroatoms. The summed E-state index contributed by atoms with van der Waals surface area (Å²) in [6.07, 6.45) is 3.90. The van der Waals surface area contributed by atoms with Crippen molar-refractivity contribution in [2.75, 3.05) is 7.11 Å². The third-order valence-electron chi connectivity index (χ3n) is 3.06. The second-order valence-corrected chi connectivity index (χ2v) is 4.38. The molecule has 0 bridgehead atoms. The number of methoxy groups -OCH3 is 1. The topological polar surface area (TPSA) is 48.2 Å². The molecule has 2 heterocycles. The van der Waals surface area contributed by atoms with E-state index in [0.717, 1.165) is 23.4 Å². The van der Waals surface area contributed by atoms with Crippen LogP contribution in [0.2, 0.25) is 0 Å². The average molecular weight is 266 g/mol. The Morgan fingerprint density at radius 3 is 2.75 bits per heavy atom. The predicted octanol–water partition coefficient (Wildman–Crippen LogP) is 3.34. The van der Waals surface area contributed by atoms with Gasteiger partial charge in [0.2, 0.25) is 5.88 Å². The maximum absolute atomic E-state index is 5.53. The van der Waals surface area contributed by atoms with Crippen molar-refractivity contribution in [1.82, 2.24) is 9.97 Å². The molecule has 0 fully saturated rings. The summed E-state index contributed by atoms with van der Waals surface area (Å²) in [7, 11) is 1.59. The van der Waals surface area contributed by atoms with Crippen molar-refractivity contribution in [2.24, 2.45) is 0 Å². The summed E-state index contributed by atoms with van der Waals surface area (Å²) >= 11 is 0. The quantitative estimate of drug-likeness (QED) is 0.726. The zero-order valence-electron chi connectivity index (χ0n) is 11.1. The van der Waals surface area contributed by atoms with Crippen LogP contribution in [0.15, 0.2) is 59.5 Å². The van der Waals surface area contributed by atoms with Crippen LogP contribution in [-0.4, -0.2) is 17.1 Å². The van der Waals surface area contributed by atoms with Crippen LogP contribution >= 0.6 is 0 Å². The highest BCUT2D eigenvalue weighted by Crippen LogP contribution is 2.26. The van der Waals surface area contributed by atoms with E-state index in [-0.39, 0.29) is 0 Å². The first-order chi connectivity index (χ1) is 9.86. The lowest BCUT2D eigenvalue weighted by atomic mass is 10.1. The third-order valence-corrected chi connectivity index (χ3v) is 3.06. The summed E-state index contributed by atoms with van der Waals surface area (Å²) in [4.78, 5) is 8.41. The van der Waals surface area contributed by atoms with Crippen molar-refractivity contribution in [2.45, 2.75) is 6.42 Å². The van der Waals surface area contributed by atoms with Gasteiger partial charge in [0.15, 0.2) is 12.2 Å². The smallest absolute Gasteiger partial charge is 0.213 e. The Morgan fingerprint density at radius 2 is 1.95 bits per heavy atom. The van der Waals surface area contributed by atoms with E-state index < -0.39 is 0 Å². The van der Waals surface area contributed by atoms with Gasteiger partial charge in [0.1, 0.15) is 0 Å². The van der Waals surface area contributed by atoms with Crippen molar-refractivity contribution in [3.63, 3.8) is 0 Å². The van der Waals surface area contributed by atoms with Gasteiger partial charge >= 0.3 is 0 Å². The monoisotopic (exact) mass is 266 g/mol. The summed E-state index contributed by atoms with van der Waals surface area (Å²) in [6.45, 7) is 0. The molecule has 0 saturated heterocycles. The van der Waals surface area contributed by atoms with E-state index in [4.69, 9.17) is 9.15 Å². The van der Waals surface area contributed by atoms with Crippen LogP contribution in [-0.2, 0) is 6.42 Å². The van der Waals surface area contributed by atoms with E-state index in [1.807, 2.05) is 30.3 Å². The fraction of sp³-hybridized carbons (Fsp3) is 0.125. The first-order valence-electron chi connectivity index (χ1n) is 6.33. The number of pyridine rings is 1. The van der Waals surface area contributed by atoms with E-state index in [1.165, 1.54) is 12.0 Å². The molecule has 4 nitrogen and oxygen atoms in total. The van der Waals surface area contributed by atoms with E-state index in [1.54, 1.807) is 13.3 Å². The van der Waals surface area contributed by atoms with Gasteiger partial charge in [-0.3, -0.25) is 0 Å². The summed E-state index contributed by atoms with van der Waals surface area (Å²) in [5.41, 5.74) is 3.02. The summed E-state index contributed by atoms with van der Waals surface area (Å²) in [5, 5.41) is 0.